The Morgan fingerprint density at radius 2 is 2.36 bits per heavy atom. The summed E-state index contributed by atoms with van der Waals surface area (Å²) in [4.78, 5) is 0. The first kappa shape index (κ1) is 6.61. The van der Waals surface area contributed by atoms with Crippen LogP contribution >= 0.6 is 0 Å². The van der Waals surface area contributed by atoms with Crippen LogP contribution in [-0.4, -0.2) is 6.10 Å². The van der Waals surface area contributed by atoms with Crippen LogP contribution in [0.25, 0.3) is 0 Å². The highest BCUT2D eigenvalue weighted by atomic mass is 16.6. The van der Waals surface area contributed by atoms with E-state index in [9.17, 15) is 5.21 Å². The van der Waals surface area contributed by atoms with Crippen molar-refractivity contribution >= 4 is 0 Å². The van der Waals surface area contributed by atoms with Gasteiger partial charge in [0.2, 0.25) is 0 Å². The molecule has 0 spiro atoms. The lowest BCUT2D eigenvalue weighted by molar-refractivity contribution is -0.605. The number of pyridine rings is 1. The van der Waals surface area contributed by atoms with Crippen molar-refractivity contribution in [3.63, 3.8) is 0 Å². The molecule has 3 heteroatoms. The largest absolute Gasteiger partial charge is 0.619 e. The van der Waals surface area contributed by atoms with E-state index in [1.807, 2.05) is 13.0 Å². The van der Waals surface area contributed by atoms with Gasteiger partial charge in [0.05, 0.1) is 6.10 Å². The summed E-state index contributed by atoms with van der Waals surface area (Å²) in [6.07, 6.45) is 3.44. The molecule has 0 radical (unpaired) electrons. The highest BCUT2D eigenvalue weighted by molar-refractivity contribution is 5.15. The predicted octanol–water partition coefficient (Wildman–Crippen LogP) is 0.780. The van der Waals surface area contributed by atoms with Gasteiger partial charge < -0.3 is 9.94 Å². The smallest absolute Gasteiger partial charge is 0.186 e. The van der Waals surface area contributed by atoms with E-state index < -0.39 is 0 Å². The molecule has 11 heavy (non-hydrogen) atoms. The number of hydrogen-bond acceptors (Lipinski definition) is 2. The first-order valence-electron chi connectivity index (χ1n) is 3.61. The van der Waals surface area contributed by atoms with Crippen LogP contribution in [-0.2, 0) is 4.74 Å². The molecule has 0 saturated carbocycles. The Labute approximate surface area is 64.8 Å². The minimum Gasteiger partial charge on any atom is -0.619 e. The van der Waals surface area contributed by atoms with Gasteiger partial charge in [0.15, 0.2) is 12.4 Å². The Morgan fingerprint density at radius 1 is 1.64 bits per heavy atom. The maximum Gasteiger partial charge on any atom is 0.186 e. The molecule has 1 aliphatic rings. The Balaban J connectivity index is 2.25. The summed E-state index contributed by atoms with van der Waals surface area (Å²) in [6.45, 7) is 1.99. The SMILES string of the molecule is CC1OC1c1ccc[n+]([O-])c1. The average Bonchev–Trinajstić information content (AvgIpc) is 2.67. The van der Waals surface area contributed by atoms with E-state index in [0.717, 1.165) is 10.3 Å². The quantitative estimate of drug-likeness (QED) is 0.338. The van der Waals surface area contributed by atoms with Crippen molar-refractivity contribution in [1.29, 1.82) is 0 Å². The van der Waals surface area contributed by atoms with E-state index in [2.05, 4.69) is 0 Å². The van der Waals surface area contributed by atoms with Gasteiger partial charge in [-0.1, -0.05) is 0 Å². The zero-order valence-electron chi connectivity index (χ0n) is 6.23. The van der Waals surface area contributed by atoms with Gasteiger partial charge >= 0.3 is 0 Å². The molecular formula is C8H9NO2. The molecule has 1 aliphatic heterocycles. The van der Waals surface area contributed by atoms with Gasteiger partial charge in [-0.05, 0) is 13.0 Å². The fraction of sp³-hybridized carbons (Fsp3) is 0.375. The summed E-state index contributed by atoms with van der Waals surface area (Å²) < 4.78 is 6.00. The van der Waals surface area contributed by atoms with Crippen LogP contribution < -0.4 is 4.73 Å². The lowest BCUT2D eigenvalue weighted by Crippen LogP contribution is -2.24. The van der Waals surface area contributed by atoms with Crippen LogP contribution in [0.4, 0.5) is 0 Å². The molecule has 1 saturated heterocycles. The second kappa shape index (κ2) is 2.20. The normalized spacial score (nSPS) is 28.5. The first-order valence-corrected chi connectivity index (χ1v) is 3.61. The van der Waals surface area contributed by atoms with Crippen LogP contribution in [0.2, 0.25) is 0 Å². The molecule has 2 atom stereocenters. The third-order valence-corrected chi connectivity index (χ3v) is 1.84. The molecule has 1 aromatic heterocycles. The van der Waals surface area contributed by atoms with Crippen molar-refractivity contribution < 1.29 is 9.47 Å². The van der Waals surface area contributed by atoms with Gasteiger partial charge in [-0.15, -0.1) is 0 Å². The second-order valence-electron chi connectivity index (χ2n) is 2.76. The summed E-state index contributed by atoms with van der Waals surface area (Å²) in [7, 11) is 0. The van der Waals surface area contributed by atoms with Gasteiger partial charge in [-0.3, -0.25) is 0 Å². The summed E-state index contributed by atoms with van der Waals surface area (Å²) in [5, 5.41) is 10.8. The number of nitrogens with zero attached hydrogens (tertiary/aromatic N) is 1. The molecular weight excluding hydrogens is 142 g/mol. The molecule has 58 valence electrons. The molecule has 2 unspecified atom stereocenters. The number of hydrogen-bond donors (Lipinski definition) is 0. The second-order valence-corrected chi connectivity index (χ2v) is 2.76. The maximum absolute atomic E-state index is 10.8. The number of ether oxygens (including phenoxy) is 1. The number of rotatable bonds is 1. The van der Waals surface area contributed by atoms with E-state index in [1.165, 1.54) is 6.20 Å². The molecule has 2 heterocycles. The van der Waals surface area contributed by atoms with Crippen molar-refractivity contribution in [2.75, 3.05) is 0 Å². The van der Waals surface area contributed by atoms with Crippen LogP contribution in [0, 0.1) is 5.21 Å². The topological polar surface area (TPSA) is 39.5 Å². The molecule has 1 aromatic rings. The summed E-state index contributed by atoms with van der Waals surface area (Å²) in [6, 6.07) is 3.64. The summed E-state index contributed by atoms with van der Waals surface area (Å²) in [5.41, 5.74) is 0.968. The Morgan fingerprint density at radius 3 is 2.91 bits per heavy atom. The van der Waals surface area contributed by atoms with Gasteiger partial charge in [-0.2, -0.15) is 4.73 Å². The summed E-state index contributed by atoms with van der Waals surface area (Å²) >= 11 is 0. The highest BCUT2D eigenvalue weighted by Gasteiger charge is 2.36. The number of epoxide rings is 1. The Kier molecular flexibility index (Phi) is 1.32. The van der Waals surface area contributed by atoms with Crippen LogP contribution in [0.15, 0.2) is 24.5 Å². The molecule has 0 aliphatic carbocycles. The minimum absolute atomic E-state index is 0.149. The third kappa shape index (κ3) is 1.19. The lowest BCUT2D eigenvalue weighted by atomic mass is 10.2. The van der Waals surface area contributed by atoms with Crippen molar-refractivity contribution in [2.45, 2.75) is 19.1 Å². The maximum atomic E-state index is 10.8. The van der Waals surface area contributed by atoms with E-state index in [-0.39, 0.29) is 12.2 Å². The zero-order chi connectivity index (χ0) is 7.84. The molecule has 3 nitrogen and oxygen atoms in total. The predicted molar refractivity (Wildman–Crippen MR) is 38.7 cm³/mol. The lowest BCUT2D eigenvalue weighted by Gasteiger charge is -1.95. The Bertz CT molecular complexity index is 275. The minimum atomic E-state index is 0.149. The number of aromatic nitrogens is 1. The fourth-order valence-corrected chi connectivity index (χ4v) is 1.18. The zero-order valence-corrected chi connectivity index (χ0v) is 6.23. The van der Waals surface area contributed by atoms with Crippen molar-refractivity contribution in [3.8, 4) is 0 Å². The van der Waals surface area contributed by atoms with Crippen LogP contribution in [0.5, 0.6) is 0 Å². The van der Waals surface area contributed by atoms with Crippen molar-refractivity contribution in [1.82, 2.24) is 0 Å². The average molecular weight is 151 g/mol. The van der Waals surface area contributed by atoms with E-state index in [4.69, 9.17) is 4.74 Å². The monoisotopic (exact) mass is 151 g/mol. The molecule has 0 bridgehead atoms. The van der Waals surface area contributed by atoms with Gasteiger partial charge in [-0.25, -0.2) is 0 Å². The van der Waals surface area contributed by atoms with Gasteiger partial charge in [0.1, 0.15) is 6.10 Å². The first-order chi connectivity index (χ1) is 5.27. The summed E-state index contributed by atoms with van der Waals surface area (Å²) in [5.74, 6) is 0. The van der Waals surface area contributed by atoms with Crippen LogP contribution in [0.1, 0.15) is 18.6 Å². The van der Waals surface area contributed by atoms with E-state index >= 15 is 0 Å². The van der Waals surface area contributed by atoms with Crippen molar-refractivity contribution in [3.05, 3.63) is 35.3 Å². The van der Waals surface area contributed by atoms with Gasteiger partial charge in [0, 0.05) is 11.6 Å². The van der Waals surface area contributed by atoms with E-state index in [1.54, 1.807) is 12.3 Å². The molecule has 0 N–H and O–H groups in total. The third-order valence-electron chi connectivity index (χ3n) is 1.84. The van der Waals surface area contributed by atoms with Gasteiger partial charge in [0.25, 0.3) is 0 Å². The van der Waals surface area contributed by atoms with Crippen molar-refractivity contribution in [2.24, 2.45) is 0 Å². The standard InChI is InChI=1S/C8H9NO2/c1-6-8(11-6)7-3-2-4-9(10)5-7/h2-6,8H,1H3. The van der Waals surface area contributed by atoms with E-state index in [0.29, 0.717) is 0 Å². The molecule has 2 rings (SSSR count). The Hall–Kier alpha value is -1.09. The highest BCUT2D eigenvalue weighted by Crippen LogP contribution is 2.37. The molecule has 0 amide bonds. The van der Waals surface area contributed by atoms with Crippen LogP contribution in [0.3, 0.4) is 0 Å². The molecule has 1 fully saturated rings. The molecule has 0 aromatic carbocycles. The fourth-order valence-electron chi connectivity index (χ4n) is 1.18.